The molecular weight excluding hydrogens is 366 g/mol. The van der Waals surface area contributed by atoms with E-state index in [0.29, 0.717) is 27.8 Å². The van der Waals surface area contributed by atoms with Crippen LogP contribution in [0.15, 0.2) is 36.4 Å². The molecule has 1 aliphatic rings. The summed E-state index contributed by atoms with van der Waals surface area (Å²) in [5, 5.41) is 7.85. The number of nitrogens with zero attached hydrogens (tertiary/aromatic N) is 2. The highest BCUT2D eigenvalue weighted by atomic mass is 35.5. The summed E-state index contributed by atoms with van der Waals surface area (Å²) < 4.78 is 12.4. The van der Waals surface area contributed by atoms with E-state index in [4.69, 9.17) is 21.1 Å². The standard InChI is InChI=1S/C20H18ClN3O3/c1-11-4-6-15(7-5-11)24-13(3)18(12(2)23-24)22-20(25)14-8-16(21)19-17(9-14)26-10-27-19/h4-9H,10H2,1-3H3,(H,22,25). The van der Waals surface area contributed by atoms with Gasteiger partial charge in [0.15, 0.2) is 11.5 Å². The second kappa shape index (κ2) is 6.63. The predicted molar refractivity (Wildman–Crippen MR) is 103 cm³/mol. The fourth-order valence-electron chi connectivity index (χ4n) is 3.05. The number of carbonyl (C=O) groups excluding carboxylic acids is 1. The smallest absolute Gasteiger partial charge is 0.255 e. The Labute approximate surface area is 161 Å². The van der Waals surface area contributed by atoms with Crippen LogP contribution in [0.2, 0.25) is 5.02 Å². The number of aryl methyl sites for hydroxylation is 2. The Hall–Kier alpha value is -2.99. The minimum absolute atomic E-state index is 0.0989. The van der Waals surface area contributed by atoms with Crippen LogP contribution < -0.4 is 14.8 Å². The quantitative estimate of drug-likeness (QED) is 0.726. The maximum absolute atomic E-state index is 12.8. The second-order valence-corrected chi connectivity index (χ2v) is 6.85. The number of fused-ring (bicyclic) bond motifs is 1. The first-order valence-electron chi connectivity index (χ1n) is 8.48. The first-order valence-corrected chi connectivity index (χ1v) is 8.85. The van der Waals surface area contributed by atoms with E-state index in [-0.39, 0.29) is 12.7 Å². The molecule has 27 heavy (non-hydrogen) atoms. The zero-order chi connectivity index (χ0) is 19.1. The number of halogens is 1. The molecule has 0 aliphatic carbocycles. The summed E-state index contributed by atoms with van der Waals surface area (Å²) in [6, 6.07) is 11.2. The lowest BCUT2D eigenvalue weighted by Crippen LogP contribution is -2.13. The summed E-state index contributed by atoms with van der Waals surface area (Å²) >= 11 is 6.18. The van der Waals surface area contributed by atoms with Gasteiger partial charge >= 0.3 is 0 Å². The van der Waals surface area contributed by atoms with Gasteiger partial charge in [-0.2, -0.15) is 5.10 Å². The van der Waals surface area contributed by atoms with E-state index < -0.39 is 0 Å². The molecule has 3 aromatic rings. The molecule has 0 unspecified atom stereocenters. The molecular formula is C20H18ClN3O3. The van der Waals surface area contributed by atoms with E-state index in [1.165, 1.54) is 5.56 Å². The Balaban J connectivity index is 1.64. The van der Waals surface area contributed by atoms with Crippen LogP contribution in [-0.4, -0.2) is 22.5 Å². The number of hydrogen-bond acceptors (Lipinski definition) is 4. The molecule has 1 N–H and O–H groups in total. The first-order chi connectivity index (χ1) is 12.9. The number of anilines is 1. The number of ether oxygens (including phenoxy) is 2. The van der Waals surface area contributed by atoms with Gasteiger partial charge in [0.1, 0.15) is 0 Å². The van der Waals surface area contributed by atoms with E-state index in [2.05, 4.69) is 10.4 Å². The summed E-state index contributed by atoms with van der Waals surface area (Å²) in [6.07, 6.45) is 0. The normalized spacial score (nSPS) is 12.3. The largest absolute Gasteiger partial charge is 0.454 e. The third-order valence-electron chi connectivity index (χ3n) is 4.50. The van der Waals surface area contributed by atoms with Crippen molar-refractivity contribution in [2.75, 3.05) is 12.1 Å². The molecule has 0 radical (unpaired) electrons. The number of amides is 1. The van der Waals surface area contributed by atoms with E-state index in [1.807, 2.05) is 49.7 Å². The molecule has 1 aliphatic heterocycles. The van der Waals surface area contributed by atoms with Crippen LogP contribution in [0.4, 0.5) is 5.69 Å². The number of carbonyl (C=O) groups is 1. The fraction of sp³-hybridized carbons (Fsp3) is 0.200. The topological polar surface area (TPSA) is 65.4 Å². The molecule has 1 amide bonds. The third kappa shape index (κ3) is 3.13. The average Bonchev–Trinajstić information content (AvgIpc) is 3.22. The molecule has 4 rings (SSSR count). The Morgan fingerprint density at radius 1 is 1.15 bits per heavy atom. The fourth-order valence-corrected chi connectivity index (χ4v) is 3.31. The number of nitrogens with one attached hydrogen (secondary N) is 1. The van der Waals surface area contributed by atoms with Gasteiger partial charge in [0.05, 0.1) is 27.8 Å². The lowest BCUT2D eigenvalue weighted by Gasteiger charge is -2.08. The highest BCUT2D eigenvalue weighted by Crippen LogP contribution is 2.40. The lowest BCUT2D eigenvalue weighted by atomic mass is 10.1. The van der Waals surface area contributed by atoms with Crippen molar-refractivity contribution in [1.82, 2.24) is 9.78 Å². The van der Waals surface area contributed by atoms with E-state index in [0.717, 1.165) is 17.1 Å². The van der Waals surface area contributed by atoms with Gasteiger partial charge in [0, 0.05) is 5.56 Å². The zero-order valence-electron chi connectivity index (χ0n) is 15.2. The Kier molecular flexibility index (Phi) is 4.28. The SMILES string of the molecule is Cc1ccc(-n2nc(C)c(NC(=O)c3cc(Cl)c4c(c3)OCO4)c2C)cc1. The van der Waals surface area contributed by atoms with Crippen LogP contribution in [-0.2, 0) is 0 Å². The molecule has 7 heteroatoms. The van der Waals surface area contributed by atoms with Crippen LogP contribution in [0.1, 0.15) is 27.3 Å². The molecule has 0 spiro atoms. The molecule has 1 aromatic heterocycles. The van der Waals surface area contributed by atoms with Crippen molar-refractivity contribution in [2.24, 2.45) is 0 Å². The predicted octanol–water partition coefficient (Wildman–Crippen LogP) is 4.43. The van der Waals surface area contributed by atoms with Crippen LogP contribution in [0.25, 0.3) is 5.69 Å². The van der Waals surface area contributed by atoms with Crippen molar-refractivity contribution in [3.8, 4) is 17.2 Å². The van der Waals surface area contributed by atoms with Gasteiger partial charge in [0.25, 0.3) is 5.91 Å². The van der Waals surface area contributed by atoms with E-state index in [1.54, 1.807) is 12.1 Å². The monoisotopic (exact) mass is 383 g/mol. The first kappa shape index (κ1) is 17.4. The maximum atomic E-state index is 12.8. The molecule has 138 valence electrons. The third-order valence-corrected chi connectivity index (χ3v) is 4.78. The van der Waals surface area contributed by atoms with Gasteiger partial charge in [0.2, 0.25) is 6.79 Å². The summed E-state index contributed by atoms with van der Waals surface area (Å²) in [5.41, 5.74) is 4.76. The summed E-state index contributed by atoms with van der Waals surface area (Å²) in [7, 11) is 0. The minimum atomic E-state index is -0.287. The zero-order valence-corrected chi connectivity index (χ0v) is 15.9. The number of hydrogen-bond donors (Lipinski definition) is 1. The van der Waals surface area contributed by atoms with Gasteiger partial charge in [-0.05, 0) is 45.0 Å². The van der Waals surface area contributed by atoms with Crippen molar-refractivity contribution in [2.45, 2.75) is 20.8 Å². The maximum Gasteiger partial charge on any atom is 0.255 e. The molecule has 6 nitrogen and oxygen atoms in total. The van der Waals surface area contributed by atoms with Gasteiger partial charge in [-0.1, -0.05) is 29.3 Å². The van der Waals surface area contributed by atoms with Crippen LogP contribution in [0.3, 0.4) is 0 Å². The molecule has 0 saturated carbocycles. The van der Waals surface area contributed by atoms with Crippen molar-refractivity contribution in [3.63, 3.8) is 0 Å². The Morgan fingerprint density at radius 2 is 1.89 bits per heavy atom. The summed E-state index contributed by atoms with van der Waals surface area (Å²) in [5.74, 6) is 0.647. The highest BCUT2D eigenvalue weighted by Gasteiger charge is 2.22. The van der Waals surface area contributed by atoms with Gasteiger partial charge in [-0.15, -0.1) is 0 Å². The van der Waals surface area contributed by atoms with Crippen molar-refractivity contribution in [3.05, 3.63) is 63.9 Å². The van der Waals surface area contributed by atoms with Gasteiger partial charge in [-0.25, -0.2) is 4.68 Å². The average molecular weight is 384 g/mol. The van der Waals surface area contributed by atoms with Crippen LogP contribution in [0, 0.1) is 20.8 Å². The molecule has 2 aromatic carbocycles. The highest BCUT2D eigenvalue weighted by molar-refractivity contribution is 6.32. The van der Waals surface area contributed by atoms with Crippen LogP contribution >= 0.6 is 11.6 Å². The summed E-state index contributed by atoms with van der Waals surface area (Å²) in [6.45, 7) is 5.91. The lowest BCUT2D eigenvalue weighted by molar-refractivity contribution is 0.102. The second-order valence-electron chi connectivity index (χ2n) is 6.44. The summed E-state index contributed by atoms with van der Waals surface area (Å²) in [4.78, 5) is 12.8. The minimum Gasteiger partial charge on any atom is -0.454 e. The van der Waals surface area contributed by atoms with E-state index >= 15 is 0 Å². The Bertz CT molecular complexity index is 1040. The molecule has 0 fully saturated rings. The van der Waals surface area contributed by atoms with Crippen molar-refractivity contribution >= 4 is 23.2 Å². The number of benzene rings is 2. The Morgan fingerprint density at radius 3 is 2.63 bits per heavy atom. The number of rotatable bonds is 3. The molecule has 0 bridgehead atoms. The van der Waals surface area contributed by atoms with E-state index in [9.17, 15) is 4.79 Å². The van der Waals surface area contributed by atoms with Crippen molar-refractivity contribution < 1.29 is 14.3 Å². The van der Waals surface area contributed by atoms with Gasteiger partial charge in [-0.3, -0.25) is 4.79 Å². The van der Waals surface area contributed by atoms with Gasteiger partial charge < -0.3 is 14.8 Å². The molecule has 2 heterocycles. The van der Waals surface area contributed by atoms with Crippen LogP contribution in [0.5, 0.6) is 11.5 Å². The number of aromatic nitrogens is 2. The molecule has 0 atom stereocenters. The molecule has 0 saturated heterocycles. The van der Waals surface area contributed by atoms with Crippen molar-refractivity contribution in [1.29, 1.82) is 0 Å².